The Labute approximate surface area is 165 Å². The van der Waals surface area contributed by atoms with E-state index in [1.165, 1.54) is 11.8 Å². The van der Waals surface area contributed by atoms with Crippen LogP contribution in [0.5, 0.6) is 0 Å². The largest absolute Gasteiger partial charge is 0.276 e. The first kappa shape index (κ1) is 18.9. The van der Waals surface area contributed by atoms with Crippen molar-refractivity contribution < 1.29 is 9.59 Å². The minimum atomic E-state index is -0.423. The van der Waals surface area contributed by atoms with Gasteiger partial charge in [0.05, 0.1) is 11.4 Å². The highest BCUT2D eigenvalue weighted by Gasteiger charge is 2.12. The smallest absolute Gasteiger partial charge is 0.269 e. The highest BCUT2D eigenvalue weighted by molar-refractivity contribution is 7.99. The third-order valence-corrected chi connectivity index (χ3v) is 4.84. The molecule has 0 radical (unpaired) electrons. The van der Waals surface area contributed by atoms with Crippen LogP contribution in [0.15, 0.2) is 60.0 Å². The summed E-state index contributed by atoms with van der Waals surface area (Å²) >= 11 is 7.01. The maximum absolute atomic E-state index is 12.0. The number of rotatable bonds is 5. The molecule has 0 saturated heterocycles. The summed E-state index contributed by atoms with van der Waals surface area (Å²) in [5, 5.41) is 9.09. The number of halogens is 1. The van der Waals surface area contributed by atoms with E-state index < -0.39 is 5.91 Å². The minimum absolute atomic E-state index is 0.0749. The van der Waals surface area contributed by atoms with Crippen molar-refractivity contribution in [1.29, 1.82) is 0 Å². The van der Waals surface area contributed by atoms with Crippen molar-refractivity contribution in [3.05, 3.63) is 71.0 Å². The number of hydrogen-bond acceptors (Lipinski definition) is 5. The van der Waals surface area contributed by atoms with Crippen molar-refractivity contribution in [3.63, 3.8) is 0 Å². The van der Waals surface area contributed by atoms with Gasteiger partial charge in [-0.25, -0.2) is 0 Å². The van der Waals surface area contributed by atoms with E-state index in [1.54, 1.807) is 30.6 Å². The van der Waals surface area contributed by atoms with Gasteiger partial charge < -0.3 is 0 Å². The summed E-state index contributed by atoms with van der Waals surface area (Å²) in [6, 6.07) is 14.2. The molecule has 0 aliphatic heterocycles. The third kappa shape index (κ3) is 4.87. The predicted molar refractivity (Wildman–Crippen MR) is 104 cm³/mol. The molecule has 0 atom stereocenters. The zero-order chi connectivity index (χ0) is 19.2. The zero-order valence-corrected chi connectivity index (χ0v) is 15.9. The summed E-state index contributed by atoms with van der Waals surface area (Å²) in [5.41, 5.74) is 7.15. The molecular weight excluding hydrogens is 386 g/mol. The molecule has 0 aliphatic carbocycles. The fourth-order valence-corrected chi connectivity index (χ4v) is 3.14. The molecule has 3 aromatic rings. The molecule has 2 N–H and O–H groups in total. The average Bonchev–Trinajstić information content (AvgIpc) is 3.13. The summed E-state index contributed by atoms with van der Waals surface area (Å²) in [7, 11) is 0. The fraction of sp³-hybridized carbons (Fsp3) is 0.111. The maximum Gasteiger partial charge on any atom is 0.269 e. The second-order valence-electron chi connectivity index (χ2n) is 5.57. The Morgan fingerprint density at radius 1 is 1.11 bits per heavy atom. The number of benzene rings is 2. The van der Waals surface area contributed by atoms with Crippen LogP contribution in [0.2, 0.25) is 5.02 Å². The number of hydrazine groups is 1. The molecule has 27 heavy (non-hydrogen) atoms. The van der Waals surface area contributed by atoms with Gasteiger partial charge in [0.15, 0.2) is 5.16 Å². The summed E-state index contributed by atoms with van der Waals surface area (Å²) < 4.78 is 1.82. The molecule has 0 aliphatic rings. The van der Waals surface area contributed by atoms with Gasteiger partial charge in [0.1, 0.15) is 6.33 Å². The van der Waals surface area contributed by atoms with Crippen molar-refractivity contribution in [2.45, 2.75) is 12.1 Å². The summed E-state index contributed by atoms with van der Waals surface area (Å²) in [6.07, 6.45) is 1.60. The topological polar surface area (TPSA) is 88.9 Å². The van der Waals surface area contributed by atoms with Crippen LogP contribution in [0.3, 0.4) is 0 Å². The van der Waals surface area contributed by atoms with Crippen molar-refractivity contribution in [3.8, 4) is 5.69 Å². The number of carbonyl (C=O) groups excluding carboxylic acids is 2. The van der Waals surface area contributed by atoms with Gasteiger partial charge in [0, 0.05) is 10.6 Å². The van der Waals surface area contributed by atoms with Gasteiger partial charge in [0.2, 0.25) is 5.91 Å². The molecule has 0 bridgehead atoms. The van der Waals surface area contributed by atoms with Gasteiger partial charge >= 0.3 is 0 Å². The highest BCUT2D eigenvalue weighted by Crippen LogP contribution is 2.21. The van der Waals surface area contributed by atoms with E-state index in [0.717, 1.165) is 11.3 Å². The molecule has 138 valence electrons. The van der Waals surface area contributed by atoms with E-state index in [2.05, 4.69) is 21.0 Å². The summed E-state index contributed by atoms with van der Waals surface area (Å²) in [6.45, 7) is 1.99. The average molecular weight is 402 g/mol. The number of hydrogen-bond donors (Lipinski definition) is 2. The Bertz CT molecular complexity index is 958. The van der Waals surface area contributed by atoms with Gasteiger partial charge in [-0.1, -0.05) is 41.6 Å². The lowest BCUT2D eigenvalue weighted by molar-refractivity contribution is -0.119. The lowest BCUT2D eigenvalue weighted by atomic mass is 10.2. The molecule has 1 aromatic heterocycles. The first-order valence-electron chi connectivity index (χ1n) is 7.98. The Hall–Kier alpha value is -2.84. The number of nitrogens with zero attached hydrogens (tertiary/aromatic N) is 3. The molecule has 0 spiro atoms. The van der Waals surface area contributed by atoms with Crippen molar-refractivity contribution in [2.75, 3.05) is 5.75 Å². The number of para-hydroxylation sites is 1. The molecule has 1 heterocycles. The van der Waals surface area contributed by atoms with Crippen LogP contribution in [0, 0.1) is 6.92 Å². The Morgan fingerprint density at radius 3 is 2.59 bits per heavy atom. The Balaban J connectivity index is 1.54. The van der Waals surface area contributed by atoms with E-state index >= 15 is 0 Å². The minimum Gasteiger partial charge on any atom is -0.276 e. The van der Waals surface area contributed by atoms with Crippen molar-refractivity contribution in [2.24, 2.45) is 0 Å². The first-order valence-corrected chi connectivity index (χ1v) is 9.34. The zero-order valence-electron chi connectivity index (χ0n) is 14.3. The van der Waals surface area contributed by atoms with E-state index in [4.69, 9.17) is 11.6 Å². The molecule has 3 rings (SSSR count). The van der Waals surface area contributed by atoms with Gasteiger partial charge in [-0.15, -0.1) is 10.2 Å². The van der Waals surface area contributed by atoms with Gasteiger partial charge in [0.25, 0.3) is 5.91 Å². The SMILES string of the molecule is Cc1ccccc1-n1cnnc1SCC(=O)NNC(=O)c1ccc(Cl)cc1. The lowest BCUT2D eigenvalue weighted by Gasteiger charge is -2.09. The number of carbonyl (C=O) groups is 2. The molecule has 9 heteroatoms. The summed E-state index contributed by atoms with van der Waals surface area (Å²) in [4.78, 5) is 24.0. The van der Waals surface area contributed by atoms with Crippen LogP contribution in [-0.4, -0.2) is 32.3 Å². The number of thioether (sulfide) groups is 1. The maximum atomic E-state index is 12.0. The predicted octanol–water partition coefficient (Wildman–Crippen LogP) is 2.78. The molecule has 0 unspecified atom stereocenters. The second-order valence-corrected chi connectivity index (χ2v) is 6.95. The van der Waals surface area contributed by atoms with Crippen LogP contribution >= 0.6 is 23.4 Å². The van der Waals surface area contributed by atoms with Crippen LogP contribution in [0.25, 0.3) is 5.69 Å². The van der Waals surface area contributed by atoms with Gasteiger partial charge in [-0.05, 0) is 42.8 Å². The number of aryl methyl sites for hydroxylation is 1. The third-order valence-electron chi connectivity index (χ3n) is 3.65. The van der Waals surface area contributed by atoms with E-state index in [-0.39, 0.29) is 11.7 Å². The summed E-state index contributed by atoms with van der Waals surface area (Å²) in [5.74, 6) is -0.708. The normalized spacial score (nSPS) is 10.4. The molecule has 0 saturated carbocycles. The Kier molecular flexibility index (Phi) is 6.10. The number of amides is 2. The lowest BCUT2D eigenvalue weighted by Crippen LogP contribution is -2.42. The fourth-order valence-electron chi connectivity index (χ4n) is 2.29. The molecule has 2 amide bonds. The molecule has 2 aromatic carbocycles. The van der Waals surface area contributed by atoms with Crippen LogP contribution < -0.4 is 10.9 Å². The number of aromatic nitrogens is 3. The van der Waals surface area contributed by atoms with Crippen LogP contribution in [0.4, 0.5) is 0 Å². The first-order chi connectivity index (χ1) is 13.0. The van der Waals surface area contributed by atoms with Crippen molar-refractivity contribution >= 4 is 35.2 Å². The van der Waals surface area contributed by atoms with E-state index in [0.29, 0.717) is 15.7 Å². The highest BCUT2D eigenvalue weighted by atomic mass is 35.5. The van der Waals surface area contributed by atoms with E-state index in [9.17, 15) is 9.59 Å². The monoisotopic (exact) mass is 401 g/mol. The van der Waals surface area contributed by atoms with Gasteiger partial charge in [-0.3, -0.25) is 25.0 Å². The quantitative estimate of drug-likeness (QED) is 0.507. The van der Waals surface area contributed by atoms with E-state index in [1.807, 2.05) is 35.8 Å². The molecule has 7 nitrogen and oxygen atoms in total. The van der Waals surface area contributed by atoms with Gasteiger partial charge in [-0.2, -0.15) is 0 Å². The second kappa shape index (κ2) is 8.70. The molecular formula is C18H16ClN5O2S. The Morgan fingerprint density at radius 2 is 1.85 bits per heavy atom. The van der Waals surface area contributed by atoms with Crippen molar-refractivity contribution in [1.82, 2.24) is 25.6 Å². The van der Waals surface area contributed by atoms with Crippen LogP contribution in [0.1, 0.15) is 15.9 Å². The molecule has 0 fully saturated rings. The standard InChI is InChI=1S/C18H16ClN5O2S/c1-12-4-2-3-5-15(12)24-11-20-23-18(24)27-10-16(25)21-22-17(26)13-6-8-14(19)9-7-13/h2-9,11H,10H2,1H3,(H,21,25)(H,22,26). The number of nitrogens with one attached hydrogen (secondary N) is 2. The van der Waals surface area contributed by atoms with Crippen LogP contribution in [-0.2, 0) is 4.79 Å².